The summed E-state index contributed by atoms with van der Waals surface area (Å²) in [6.45, 7) is 1.68. The number of hydrogen-bond donors (Lipinski definition) is 1. The highest BCUT2D eigenvalue weighted by molar-refractivity contribution is 9.11. The van der Waals surface area contributed by atoms with Crippen LogP contribution in [0.15, 0.2) is 45.3 Å². The molecule has 0 saturated heterocycles. The molecular weight excluding hydrogens is 376 g/mol. The van der Waals surface area contributed by atoms with Crippen LogP contribution < -0.4 is 10.2 Å². The molecule has 21 heavy (non-hydrogen) atoms. The number of carbonyl (C=O) groups excluding carboxylic acids is 1. The van der Waals surface area contributed by atoms with E-state index >= 15 is 0 Å². The van der Waals surface area contributed by atoms with Gasteiger partial charge in [-0.25, -0.2) is 5.43 Å². The van der Waals surface area contributed by atoms with E-state index in [0.717, 1.165) is 14.4 Å². The summed E-state index contributed by atoms with van der Waals surface area (Å²) >= 11 is 10.9. The molecule has 1 heterocycles. The molecule has 1 N–H and O–H groups in total. The summed E-state index contributed by atoms with van der Waals surface area (Å²) in [6, 6.07) is 10.8. The third kappa shape index (κ3) is 4.84. The lowest BCUT2D eigenvalue weighted by Gasteiger charge is -2.06. The zero-order chi connectivity index (χ0) is 15.2. The Hall–Kier alpha value is -1.37. The Labute approximate surface area is 139 Å². The predicted octanol–water partition coefficient (Wildman–Crippen LogP) is 4.08. The number of carbonyl (C=O) groups is 1. The summed E-state index contributed by atoms with van der Waals surface area (Å²) in [5, 5.41) is 4.50. The Bertz CT molecular complexity index is 672. The number of nitrogens with one attached hydrogen (secondary N) is 1. The van der Waals surface area contributed by atoms with Gasteiger partial charge in [-0.2, -0.15) is 5.10 Å². The Balaban J connectivity index is 1.86. The highest BCUT2D eigenvalue weighted by Gasteiger charge is 2.06. The lowest BCUT2D eigenvalue weighted by atomic mass is 10.3. The number of thiophene rings is 1. The summed E-state index contributed by atoms with van der Waals surface area (Å²) in [7, 11) is 0. The van der Waals surface area contributed by atoms with Gasteiger partial charge in [-0.15, -0.1) is 11.3 Å². The molecule has 2 rings (SSSR count). The van der Waals surface area contributed by atoms with Crippen LogP contribution in [0.4, 0.5) is 0 Å². The van der Waals surface area contributed by atoms with Crippen molar-refractivity contribution in [2.45, 2.75) is 6.92 Å². The Morgan fingerprint density at radius 2 is 2.14 bits per heavy atom. The normalized spacial score (nSPS) is 11.3. The molecule has 0 bridgehead atoms. The molecule has 2 aromatic rings. The van der Waals surface area contributed by atoms with Crippen LogP contribution in [0.3, 0.4) is 0 Å². The van der Waals surface area contributed by atoms with Crippen LogP contribution in [0.25, 0.3) is 0 Å². The largest absolute Gasteiger partial charge is 0.482 e. The first-order valence-corrected chi connectivity index (χ1v) is 8.01. The van der Waals surface area contributed by atoms with Gasteiger partial charge in [0, 0.05) is 0 Å². The van der Waals surface area contributed by atoms with E-state index in [1.165, 1.54) is 0 Å². The molecule has 0 radical (unpaired) electrons. The number of hydrazone groups is 1. The van der Waals surface area contributed by atoms with Gasteiger partial charge >= 0.3 is 0 Å². The van der Waals surface area contributed by atoms with Crippen LogP contribution in [0.2, 0.25) is 5.02 Å². The number of halogens is 2. The fourth-order valence-electron chi connectivity index (χ4n) is 1.45. The zero-order valence-corrected chi connectivity index (χ0v) is 14.3. The number of amides is 1. The van der Waals surface area contributed by atoms with E-state index in [0.29, 0.717) is 10.8 Å². The SMILES string of the molecule is CC(=NNC(=O)COc1ccccc1Cl)c1ccc(Br)s1. The molecule has 7 heteroatoms. The van der Waals surface area contributed by atoms with Crippen molar-refractivity contribution in [3.05, 3.63) is 50.1 Å². The molecule has 4 nitrogen and oxygen atoms in total. The van der Waals surface area contributed by atoms with Crippen molar-refractivity contribution in [1.82, 2.24) is 5.43 Å². The maximum Gasteiger partial charge on any atom is 0.277 e. The molecule has 0 fully saturated rings. The third-order valence-corrected chi connectivity index (χ3v) is 4.52. The number of nitrogens with zero attached hydrogens (tertiary/aromatic N) is 1. The van der Waals surface area contributed by atoms with E-state index in [2.05, 4.69) is 26.5 Å². The molecule has 1 aromatic heterocycles. The Morgan fingerprint density at radius 3 is 2.81 bits per heavy atom. The number of rotatable bonds is 5. The summed E-state index contributed by atoms with van der Waals surface area (Å²) in [4.78, 5) is 12.7. The van der Waals surface area contributed by atoms with E-state index in [4.69, 9.17) is 16.3 Å². The number of hydrogen-bond acceptors (Lipinski definition) is 4. The van der Waals surface area contributed by atoms with Gasteiger partial charge in [0.1, 0.15) is 5.75 Å². The quantitative estimate of drug-likeness (QED) is 0.621. The van der Waals surface area contributed by atoms with Gasteiger partial charge in [0.05, 0.1) is 19.4 Å². The zero-order valence-electron chi connectivity index (χ0n) is 11.1. The monoisotopic (exact) mass is 386 g/mol. The molecule has 0 atom stereocenters. The third-order valence-electron chi connectivity index (χ3n) is 2.47. The van der Waals surface area contributed by atoms with Gasteiger partial charge in [0.25, 0.3) is 5.91 Å². The predicted molar refractivity (Wildman–Crippen MR) is 89.3 cm³/mol. The maximum atomic E-state index is 11.7. The first kappa shape index (κ1) is 16.0. The average Bonchev–Trinajstić information content (AvgIpc) is 2.90. The first-order valence-electron chi connectivity index (χ1n) is 6.02. The van der Waals surface area contributed by atoms with Gasteiger partial charge in [0.2, 0.25) is 0 Å². The van der Waals surface area contributed by atoms with Crippen LogP contribution >= 0.6 is 38.9 Å². The molecule has 0 aliphatic heterocycles. The van der Waals surface area contributed by atoms with Crippen LogP contribution in [-0.2, 0) is 4.79 Å². The number of ether oxygens (including phenoxy) is 1. The molecule has 0 spiro atoms. The van der Waals surface area contributed by atoms with Gasteiger partial charge in [0.15, 0.2) is 6.61 Å². The van der Waals surface area contributed by atoms with E-state index in [-0.39, 0.29) is 12.5 Å². The summed E-state index contributed by atoms with van der Waals surface area (Å²) in [5.41, 5.74) is 3.19. The summed E-state index contributed by atoms with van der Waals surface area (Å²) in [5.74, 6) is 0.127. The van der Waals surface area contributed by atoms with Crippen molar-refractivity contribution < 1.29 is 9.53 Å². The second-order valence-electron chi connectivity index (χ2n) is 4.06. The number of benzene rings is 1. The van der Waals surface area contributed by atoms with Crippen molar-refractivity contribution in [3.8, 4) is 5.75 Å². The van der Waals surface area contributed by atoms with E-state index < -0.39 is 0 Å². The standard InChI is InChI=1S/C14H12BrClN2O2S/c1-9(12-6-7-13(15)21-12)17-18-14(19)8-20-11-5-3-2-4-10(11)16/h2-7H,8H2,1H3,(H,18,19). The fourth-order valence-corrected chi connectivity index (χ4v) is 2.97. The van der Waals surface area contributed by atoms with Crippen molar-refractivity contribution in [2.24, 2.45) is 5.10 Å². The highest BCUT2D eigenvalue weighted by Crippen LogP contribution is 2.23. The second kappa shape index (κ2) is 7.59. The average molecular weight is 388 g/mol. The number of para-hydroxylation sites is 1. The van der Waals surface area contributed by atoms with Crippen molar-refractivity contribution >= 4 is 50.5 Å². The molecule has 0 aliphatic rings. The minimum Gasteiger partial charge on any atom is -0.482 e. The highest BCUT2D eigenvalue weighted by atomic mass is 79.9. The van der Waals surface area contributed by atoms with Gasteiger partial charge in [-0.3, -0.25) is 4.79 Å². The first-order chi connectivity index (χ1) is 10.1. The molecule has 1 amide bonds. The van der Waals surface area contributed by atoms with Crippen molar-refractivity contribution in [3.63, 3.8) is 0 Å². The minimum atomic E-state index is -0.343. The fraction of sp³-hybridized carbons (Fsp3) is 0.143. The molecule has 0 aliphatic carbocycles. The van der Waals surface area contributed by atoms with Crippen molar-refractivity contribution in [2.75, 3.05) is 6.61 Å². The Kier molecular flexibility index (Phi) is 5.78. The lowest BCUT2D eigenvalue weighted by molar-refractivity contribution is -0.123. The lowest BCUT2D eigenvalue weighted by Crippen LogP contribution is -2.25. The van der Waals surface area contributed by atoms with Gasteiger partial charge in [-0.05, 0) is 47.1 Å². The van der Waals surface area contributed by atoms with Gasteiger partial charge in [-0.1, -0.05) is 23.7 Å². The van der Waals surface area contributed by atoms with E-state index in [9.17, 15) is 4.79 Å². The summed E-state index contributed by atoms with van der Waals surface area (Å²) in [6.07, 6.45) is 0. The van der Waals surface area contributed by atoms with E-state index in [1.54, 1.807) is 35.6 Å². The smallest absolute Gasteiger partial charge is 0.277 e. The van der Waals surface area contributed by atoms with Crippen LogP contribution in [-0.4, -0.2) is 18.2 Å². The minimum absolute atomic E-state index is 0.144. The maximum absolute atomic E-state index is 11.7. The van der Waals surface area contributed by atoms with Crippen LogP contribution in [0.1, 0.15) is 11.8 Å². The molecule has 1 aromatic carbocycles. The van der Waals surface area contributed by atoms with Crippen LogP contribution in [0, 0.1) is 0 Å². The second-order valence-corrected chi connectivity index (χ2v) is 6.93. The van der Waals surface area contributed by atoms with Crippen molar-refractivity contribution in [1.29, 1.82) is 0 Å². The van der Waals surface area contributed by atoms with Gasteiger partial charge < -0.3 is 4.74 Å². The molecular formula is C14H12BrClN2O2S. The topological polar surface area (TPSA) is 50.7 Å². The molecule has 0 unspecified atom stereocenters. The molecule has 0 saturated carbocycles. The molecule has 110 valence electrons. The summed E-state index contributed by atoms with van der Waals surface area (Å²) < 4.78 is 6.34. The van der Waals surface area contributed by atoms with Crippen LogP contribution in [0.5, 0.6) is 5.75 Å². The Morgan fingerprint density at radius 1 is 1.38 bits per heavy atom. The van der Waals surface area contributed by atoms with E-state index in [1.807, 2.05) is 19.1 Å².